The minimum absolute atomic E-state index is 0.137. The first kappa shape index (κ1) is 5.09. The summed E-state index contributed by atoms with van der Waals surface area (Å²) in [6.45, 7) is 0.601. The number of carbonyl (C=O) groups is 1. The molecule has 0 aromatic heterocycles. The van der Waals surface area contributed by atoms with Crippen LogP contribution in [0.2, 0.25) is 0 Å². The Labute approximate surface area is 53.4 Å². The fourth-order valence-corrected chi connectivity index (χ4v) is 1.08. The van der Waals surface area contributed by atoms with Crippen molar-refractivity contribution in [3.63, 3.8) is 0 Å². The summed E-state index contributed by atoms with van der Waals surface area (Å²) in [5.74, 6) is 0.639. The van der Waals surface area contributed by atoms with Crippen molar-refractivity contribution in [1.29, 1.82) is 0 Å². The van der Waals surface area contributed by atoms with Gasteiger partial charge in [0.05, 0.1) is 6.54 Å². The molecular formula is C6H8NO2. The van der Waals surface area contributed by atoms with Crippen LogP contribution >= 0.6 is 0 Å². The fourth-order valence-electron chi connectivity index (χ4n) is 1.08. The highest BCUT2D eigenvalue weighted by molar-refractivity contribution is 5.69. The maximum absolute atomic E-state index is 10.4. The van der Waals surface area contributed by atoms with Gasteiger partial charge in [0.25, 0.3) is 0 Å². The minimum atomic E-state index is -0.369. The number of ether oxygens (including phenoxy) is 1. The van der Waals surface area contributed by atoms with Gasteiger partial charge in [0.2, 0.25) is 0 Å². The lowest BCUT2D eigenvalue weighted by Gasteiger charge is -2.01. The Balaban J connectivity index is 1.92. The molecular weight excluding hydrogens is 118 g/mol. The zero-order chi connectivity index (χ0) is 6.27. The summed E-state index contributed by atoms with van der Waals surface area (Å²) in [5, 5.41) is 3.62. The highest BCUT2D eigenvalue weighted by Crippen LogP contribution is 2.35. The second-order valence-corrected chi connectivity index (χ2v) is 2.60. The molecule has 1 aliphatic heterocycles. The Morgan fingerprint density at radius 1 is 1.56 bits per heavy atom. The van der Waals surface area contributed by atoms with E-state index in [1.54, 1.807) is 0 Å². The molecule has 2 fully saturated rings. The molecule has 49 valence electrons. The van der Waals surface area contributed by atoms with Crippen LogP contribution in [0, 0.1) is 5.92 Å². The molecule has 0 aromatic rings. The Morgan fingerprint density at radius 2 is 2.33 bits per heavy atom. The van der Waals surface area contributed by atoms with Crippen LogP contribution in [0.4, 0.5) is 4.79 Å². The third-order valence-electron chi connectivity index (χ3n) is 1.80. The van der Waals surface area contributed by atoms with Gasteiger partial charge in [-0.05, 0) is 18.8 Å². The van der Waals surface area contributed by atoms with Gasteiger partial charge in [0.1, 0.15) is 6.10 Å². The van der Waals surface area contributed by atoms with Gasteiger partial charge in [0.15, 0.2) is 0 Å². The van der Waals surface area contributed by atoms with Crippen LogP contribution in [0.25, 0.3) is 0 Å². The minimum Gasteiger partial charge on any atom is -0.443 e. The van der Waals surface area contributed by atoms with Gasteiger partial charge in [-0.25, -0.2) is 10.1 Å². The average Bonchev–Trinajstić information content (AvgIpc) is 2.58. The van der Waals surface area contributed by atoms with E-state index in [2.05, 4.69) is 5.32 Å². The molecule has 2 rings (SSSR count). The number of hydrogen-bond acceptors (Lipinski definition) is 2. The van der Waals surface area contributed by atoms with Crippen LogP contribution in [0.5, 0.6) is 0 Å². The molecule has 1 atom stereocenters. The zero-order valence-corrected chi connectivity index (χ0v) is 5.04. The highest BCUT2D eigenvalue weighted by atomic mass is 16.6. The first-order chi connectivity index (χ1) is 4.36. The molecule has 3 nitrogen and oxygen atoms in total. The smallest absolute Gasteiger partial charge is 0.429 e. The van der Waals surface area contributed by atoms with E-state index in [4.69, 9.17) is 4.74 Å². The van der Waals surface area contributed by atoms with E-state index in [0.29, 0.717) is 12.5 Å². The summed E-state index contributed by atoms with van der Waals surface area (Å²) < 4.78 is 4.88. The topological polar surface area (TPSA) is 40.4 Å². The largest absolute Gasteiger partial charge is 0.443 e. The van der Waals surface area contributed by atoms with Crippen molar-refractivity contribution in [2.75, 3.05) is 6.54 Å². The molecule has 3 heteroatoms. The molecule has 1 saturated carbocycles. The van der Waals surface area contributed by atoms with Crippen LogP contribution in [0.3, 0.4) is 0 Å². The van der Waals surface area contributed by atoms with Crippen LogP contribution < -0.4 is 5.32 Å². The molecule has 0 bridgehead atoms. The molecule has 1 saturated heterocycles. The summed E-state index contributed by atoms with van der Waals surface area (Å²) in [7, 11) is 0. The van der Waals surface area contributed by atoms with Gasteiger partial charge in [-0.2, -0.15) is 0 Å². The van der Waals surface area contributed by atoms with Crippen LogP contribution in [0.15, 0.2) is 0 Å². The SMILES string of the molecule is O=C1[N]CC(C2CC2)O1. The second kappa shape index (κ2) is 1.62. The van der Waals surface area contributed by atoms with E-state index >= 15 is 0 Å². The Kier molecular flexibility index (Phi) is 0.917. The number of rotatable bonds is 1. The first-order valence-electron chi connectivity index (χ1n) is 3.24. The third kappa shape index (κ3) is 0.866. The maximum Gasteiger partial charge on any atom is 0.429 e. The maximum atomic E-state index is 10.4. The summed E-state index contributed by atoms with van der Waals surface area (Å²) >= 11 is 0. The molecule has 0 N–H and O–H groups in total. The summed E-state index contributed by atoms with van der Waals surface area (Å²) in [6.07, 6.45) is 2.20. The van der Waals surface area contributed by atoms with Crippen molar-refractivity contribution in [1.82, 2.24) is 5.32 Å². The standard InChI is InChI=1S/C6H8NO2/c8-6-7-3-5(9-6)4-1-2-4/h4-5H,1-3H2. The predicted molar refractivity (Wildman–Crippen MR) is 30.0 cm³/mol. The van der Waals surface area contributed by atoms with Crippen molar-refractivity contribution in [2.45, 2.75) is 18.9 Å². The van der Waals surface area contributed by atoms with Gasteiger partial charge in [-0.15, -0.1) is 0 Å². The molecule has 0 aromatic carbocycles. The average molecular weight is 126 g/mol. The highest BCUT2D eigenvalue weighted by Gasteiger charge is 2.38. The van der Waals surface area contributed by atoms with E-state index in [-0.39, 0.29) is 12.2 Å². The Bertz CT molecular complexity index is 142. The fraction of sp³-hybridized carbons (Fsp3) is 0.833. The van der Waals surface area contributed by atoms with Crippen LogP contribution in [-0.2, 0) is 4.74 Å². The first-order valence-corrected chi connectivity index (χ1v) is 3.24. The van der Waals surface area contributed by atoms with E-state index in [0.717, 1.165) is 0 Å². The zero-order valence-electron chi connectivity index (χ0n) is 5.04. The van der Waals surface area contributed by atoms with Crippen molar-refractivity contribution in [3.8, 4) is 0 Å². The van der Waals surface area contributed by atoms with E-state index in [1.807, 2.05) is 0 Å². The lowest BCUT2D eigenvalue weighted by atomic mass is 10.2. The summed E-state index contributed by atoms with van der Waals surface area (Å²) in [6, 6.07) is 0. The molecule has 2 aliphatic rings. The lowest BCUT2D eigenvalue weighted by Crippen LogP contribution is -2.12. The Morgan fingerprint density at radius 3 is 2.78 bits per heavy atom. The molecule has 0 spiro atoms. The summed E-state index contributed by atoms with van der Waals surface area (Å²) in [4.78, 5) is 10.4. The van der Waals surface area contributed by atoms with Crippen LogP contribution in [0.1, 0.15) is 12.8 Å². The number of nitrogens with zero attached hydrogens (tertiary/aromatic N) is 1. The molecule has 1 radical (unpaired) electrons. The number of carbonyl (C=O) groups excluding carboxylic acids is 1. The monoisotopic (exact) mass is 126 g/mol. The van der Waals surface area contributed by atoms with Gasteiger partial charge < -0.3 is 4.74 Å². The summed E-state index contributed by atoms with van der Waals surface area (Å²) in [5.41, 5.74) is 0. The molecule has 1 unspecified atom stereocenters. The van der Waals surface area contributed by atoms with Crippen molar-refractivity contribution in [2.24, 2.45) is 5.92 Å². The van der Waals surface area contributed by atoms with Gasteiger partial charge in [-0.3, -0.25) is 0 Å². The normalized spacial score (nSPS) is 33.8. The second-order valence-electron chi connectivity index (χ2n) is 2.60. The van der Waals surface area contributed by atoms with Gasteiger partial charge in [0, 0.05) is 0 Å². The van der Waals surface area contributed by atoms with Gasteiger partial charge >= 0.3 is 6.09 Å². The predicted octanol–water partition coefficient (Wildman–Crippen LogP) is 0.520. The molecule has 9 heavy (non-hydrogen) atoms. The quantitative estimate of drug-likeness (QED) is 0.514. The molecule has 1 heterocycles. The number of amides is 1. The third-order valence-corrected chi connectivity index (χ3v) is 1.80. The van der Waals surface area contributed by atoms with E-state index in [9.17, 15) is 4.79 Å². The van der Waals surface area contributed by atoms with Crippen molar-refractivity contribution in [3.05, 3.63) is 0 Å². The molecule has 1 aliphatic carbocycles. The van der Waals surface area contributed by atoms with Crippen LogP contribution in [-0.4, -0.2) is 18.7 Å². The van der Waals surface area contributed by atoms with E-state index in [1.165, 1.54) is 12.8 Å². The molecule has 1 amide bonds. The van der Waals surface area contributed by atoms with Crippen molar-refractivity contribution >= 4 is 6.09 Å². The number of cyclic esters (lactones) is 1. The van der Waals surface area contributed by atoms with E-state index < -0.39 is 0 Å². The lowest BCUT2D eigenvalue weighted by molar-refractivity contribution is 0.129. The van der Waals surface area contributed by atoms with Gasteiger partial charge in [-0.1, -0.05) is 0 Å². The number of hydrogen-bond donors (Lipinski definition) is 0. The van der Waals surface area contributed by atoms with Crippen molar-refractivity contribution < 1.29 is 9.53 Å². The Hall–Kier alpha value is -0.730.